The second-order valence-corrected chi connectivity index (χ2v) is 4.49. The van der Waals surface area contributed by atoms with E-state index in [1.807, 2.05) is 0 Å². The van der Waals surface area contributed by atoms with Gasteiger partial charge >= 0.3 is 6.18 Å². The molecule has 1 aromatic heterocycles. The standard InChI is InChI=1S/C12H16F3N3O/c1-8(7-12(13,14)15)17-9-4-5-16-10(6-9)11(19)18(2)3/h4-6,8H,7H2,1-3H3,(H,16,17). The molecule has 7 heteroatoms. The van der Waals surface area contributed by atoms with Gasteiger partial charge < -0.3 is 10.2 Å². The predicted octanol–water partition coefficient (Wildman–Crippen LogP) is 2.54. The number of pyridine rings is 1. The van der Waals surface area contributed by atoms with Gasteiger partial charge in [0.25, 0.3) is 5.91 Å². The van der Waals surface area contributed by atoms with Gasteiger partial charge in [-0.05, 0) is 19.1 Å². The molecule has 0 spiro atoms. The zero-order chi connectivity index (χ0) is 14.6. The highest BCUT2D eigenvalue weighted by Crippen LogP contribution is 2.23. The zero-order valence-electron chi connectivity index (χ0n) is 11.0. The third kappa shape index (κ3) is 5.15. The van der Waals surface area contributed by atoms with Crippen LogP contribution in [0.1, 0.15) is 23.8 Å². The monoisotopic (exact) mass is 275 g/mol. The molecule has 0 aliphatic heterocycles. The van der Waals surface area contributed by atoms with Crippen molar-refractivity contribution in [1.82, 2.24) is 9.88 Å². The van der Waals surface area contributed by atoms with E-state index in [0.717, 1.165) is 0 Å². The van der Waals surface area contributed by atoms with Crippen molar-refractivity contribution in [2.75, 3.05) is 19.4 Å². The Morgan fingerprint density at radius 3 is 2.63 bits per heavy atom. The van der Waals surface area contributed by atoms with Crippen LogP contribution in [0.4, 0.5) is 18.9 Å². The second kappa shape index (κ2) is 5.90. The van der Waals surface area contributed by atoms with E-state index in [1.165, 1.54) is 30.2 Å². The summed E-state index contributed by atoms with van der Waals surface area (Å²) in [6, 6.07) is 2.19. The molecule has 0 radical (unpaired) electrons. The molecule has 0 bridgehead atoms. The first-order valence-electron chi connectivity index (χ1n) is 5.70. The number of carbonyl (C=O) groups excluding carboxylic acids is 1. The minimum absolute atomic E-state index is 0.189. The van der Waals surface area contributed by atoms with Crippen molar-refractivity contribution in [2.24, 2.45) is 0 Å². The lowest BCUT2D eigenvalue weighted by Crippen LogP contribution is -2.25. The molecule has 1 heterocycles. The van der Waals surface area contributed by atoms with Gasteiger partial charge in [0.05, 0.1) is 6.42 Å². The maximum absolute atomic E-state index is 12.2. The number of carbonyl (C=O) groups is 1. The molecular formula is C12H16F3N3O. The van der Waals surface area contributed by atoms with Gasteiger partial charge in [-0.2, -0.15) is 13.2 Å². The smallest absolute Gasteiger partial charge is 0.382 e. The second-order valence-electron chi connectivity index (χ2n) is 4.49. The average Bonchev–Trinajstić information content (AvgIpc) is 2.25. The number of anilines is 1. The number of rotatable bonds is 4. The SMILES string of the molecule is CC(CC(F)(F)F)Nc1ccnc(C(=O)N(C)C)c1. The zero-order valence-corrected chi connectivity index (χ0v) is 11.0. The van der Waals surface area contributed by atoms with Crippen molar-refractivity contribution < 1.29 is 18.0 Å². The van der Waals surface area contributed by atoms with E-state index >= 15 is 0 Å². The molecule has 19 heavy (non-hydrogen) atoms. The first-order valence-corrected chi connectivity index (χ1v) is 5.70. The number of amides is 1. The normalized spacial score (nSPS) is 12.9. The lowest BCUT2D eigenvalue weighted by molar-refractivity contribution is -0.136. The van der Waals surface area contributed by atoms with Crippen LogP contribution >= 0.6 is 0 Å². The van der Waals surface area contributed by atoms with E-state index in [0.29, 0.717) is 5.69 Å². The van der Waals surface area contributed by atoms with Gasteiger partial charge in [0.1, 0.15) is 5.69 Å². The summed E-state index contributed by atoms with van der Waals surface area (Å²) in [4.78, 5) is 16.9. The number of hydrogen-bond acceptors (Lipinski definition) is 3. The van der Waals surface area contributed by atoms with Gasteiger partial charge in [0.2, 0.25) is 0 Å². The Hall–Kier alpha value is -1.79. The highest BCUT2D eigenvalue weighted by Gasteiger charge is 2.29. The Morgan fingerprint density at radius 1 is 1.47 bits per heavy atom. The minimum atomic E-state index is -4.22. The van der Waals surface area contributed by atoms with E-state index in [1.54, 1.807) is 14.1 Å². The summed E-state index contributed by atoms with van der Waals surface area (Å²) in [5, 5.41) is 2.70. The van der Waals surface area contributed by atoms with E-state index in [9.17, 15) is 18.0 Å². The maximum Gasteiger partial charge on any atom is 0.391 e. The Kier molecular flexibility index (Phi) is 4.74. The van der Waals surface area contributed by atoms with Gasteiger partial charge in [-0.3, -0.25) is 9.78 Å². The molecule has 1 rings (SSSR count). The molecule has 106 valence electrons. The number of alkyl halides is 3. The first-order chi connectivity index (χ1) is 8.69. The van der Waals surface area contributed by atoms with Crippen LogP contribution in [-0.2, 0) is 0 Å². The quantitative estimate of drug-likeness (QED) is 0.918. The molecule has 1 aromatic rings. The molecule has 1 amide bonds. The van der Waals surface area contributed by atoms with Gasteiger partial charge in [-0.1, -0.05) is 0 Å². The van der Waals surface area contributed by atoms with E-state index in [4.69, 9.17) is 0 Å². The van der Waals surface area contributed by atoms with Crippen molar-refractivity contribution in [3.8, 4) is 0 Å². The highest BCUT2D eigenvalue weighted by atomic mass is 19.4. The van der Waals surface area contributed by atoms with Gasteiger partial charge in [0, 0.05) is 32.0 Å². The number of halogens is 3. The third-order valence-electron chi connectivity index (χ3n) is 2.34. The molecule has 0 aromatic carbocycles. The molecule has 0 aliphatic carbocycles. The molecule has 0 saturated heterocycles. The summed E-state index contributed by atoms with van der Waals surface area (Å²) in [6.07, 6.45) is -3.77. The summed E-state index contributed by atoms with van der Waals surface area (Å²) in [5.74, 6) is -0.299. The fourth-order valence-electron chi connectivity index (χ4n) is 1.55. The molecule has 1 N–H and O–H groups in total. The Bertz CT molecular complexity index is 446. The number of hydrogen-bond donors (Lipinski definition) is 1. The fourth-order valence-corrected chi connectivity index (χ4v) is 1.55. The van der Waals surface area contributed by atoms with Gasteiger partial charge in [-0.15, -0.1) is 0 Å². The van der Waals surface area contributed by atoms with Crippen molar-refractivity contribution in [3.63, 3.8) is 0 Å². The summed E-state index contributed by atoms with van der Waals surface area (Å²) in [5.41, 5.74) is 0.631. The largest absolute Gasteiger partial charge is 0.391 e. The Balaban J connectivity index is 2.75. The van der Waals surface area contributed by atoms with Crippen LogP contribution in [0.25, 0.3) is 0 Å². The molecule has 1 unspecified atom stereocenters. The highest BCUT2D eigenvalue weighted by molar-refractivity contribution is 5.92. The molecule has 0 saturated carbocycles. The van der Waals surface area contributed by atoms with Crippen LogP contribution in [-0.4, -0.2) is 42.1 Å². The number of aromatic nitrogens is 1. The molecule has 0 aliphatic rings. The molecule has 1 atom stereocenters. The van der Waals surface area contributed by atoms with Crippen LogP contribution in [0, 0.1) is 0 Å². The summed E-state index contributed by atoms with van der Waals surface area (Å²) in [7, 11) is 3.16. The van der Waals surface area contributed by atoms with Crippen LogP contribution in [0.3, 0.4) is 0 Å². The van der Waals surface area contributed by atoms with Crippen molar-refractivity contribution in [2.45, 2.75) is 25.6 Å². The minimum Gasteiger partial charge on any atom is -0.382 e. The van der Waals surface area contributed by atoms with Crippen molar-refractivity contribution in [1.29, 1.82) is 0 Å². The molecule has 4 nitrogen and oxygen atoms in total. The van der Waals surface area contributed by atoms with E-state index in [-0.39, 0.29) is 11.6 Å². The van der Waals surface area contributed by atoms with Gasteiger partial charge in [0.15, 0.2) is 0 Å². The van der Waals surface area contributed by atoms with Crippen LogP contribution in [0.15, 0.2) is 18.3 Å². The van der Waals surface area contributed by atoms with Crippen LogP contribution < -0.4 is 5.32 Å². The van der Waals surface area contributed by atoms with Crippen molar-refractivity contribution in [3.05, 3.63) is 24.0 Å². The first kappa shape index (κ1) is 15.3. The number of nitrogens with one attached hydrogen (secondary N) is 1. The summed E-state index contributed by atoms with van der Waals surface area (Å²) >= 11 is 0. The van der Waals surface area contributed by atoms with Crippen LogP contribution in [0.2, 0.25) is 0 Å². The predicted molar refractivity (Wildman–Crippen MR) is 66.0 cm³/mol. The Labute approximate surface area is 109 Å². The molecular weight excluding hydrogens is 259 g/mol. The molecule has 0 fully saturated rings. The van der Waals surface area contributed by atoms with Crippen LogP contribution in [0.5, 0.6) is 0 Å². The summed E-state index contributed by atoms with van der Waals surface area (Å²) < 4.78 is 36.6. The van der Waals surface area contributed by atoms with Gasteiger partial charge in [-0.25, -0.2) is 0 Å². The lowest BCUT2D eigenvalue weighted by atomic mass is 10.2. The third-order valence-corrected chi connectivity index (χ3v) is 2.34. The summed E-state index contributed by atoms with van der Waals surface area (Å²) in [6.45, 7) is 1.43. The van der Waals surface area contributed by atoms with Crippen molar-refractivity contribution >= 4 is 11.6 Å². The lowest BCUT2D eigenvalue weighted by Gasteiger charge is -2.17. The number of nitrogens with zero attached hydrogens (tertiary/aromatic N) is 2. The Morgan fingerprint density at radius 2 is 2.11 bits per heavy atom. The average molecular weight is 275 g/mol. The fraction of sp³-hybridized carbons (Fsp3) is 0.500. The topological polar surface area (TPSA) is 45.2 Å². The van der Waals surface area contributed by atoms with E-state index in [2.05, 4.69) is 10.3 Å². The van der Waals surface area contributed by atoms with E-state index < -0.39 is 18.6 Å². The maximum atomic E-state index is 12.2.